The molecule has 106 valence electrons. The molecule has 0 bridgehead atoms. The highest BCUT2D eigenvalue weighted by atomic mass is 35.5. The van der Waals surface area contributed by atoms with Gasteiger partial charge < -0.3 is 0 Å². The van der Waals surface area contributed by atoms with Gasteiger partial charge in [-0.1, -0.05) is 73.5 Å². The zero-order chi connectivity index (χ0) is 14.7. The largest absolute Gasteiger partial charge is 0.236 e. The Morgan fingerprint density at radius 3 is 2.19 bits per heavy atom. The molecule has 0 atom stereocenters. The first-order valence-electron chi connectivity index (χ1n) is 7.19. The molecule has 0 amide bonds. The predicted molar refractivity (Wildman–Crippen MR) is 88.0 cm³/mol. The van der Waals surface area contributed by atoms with Crippen LogP contribution in [0.4, 0.5) is 0 Å². The molecule has 3 rings (SSSR count). The second-order valence-electron chi connectivity index (χ2n) is 4.97. The summed E-state index contributed by atoms with van der Waals surface area (Å²) in [5.41, 5.74) is 4.02. The first-order chi connectivity index (χ1) is 10.3. The van der Waals surface area contributed by atoms with Crippen molar-refractivity contribution in [3.8, 4) is 16.9 Å². The Morgan fingerprint density at radius 2 is 1.57 bits per heavy atom. The van der Waals surface area contributed by atoms with E-state index >= 15 is 0 Å². The van der Waals surface area contributed by atoms with Crippen LogP contribution in [-0.2, 0) is 6.42 Å². The van der Waals surface area contributed by atoms with Crippen LogP contribution in [0.3, 0.4) is 0 Å². The molecule has 0 unspecified atom stereocenters. The van der Waals surface area contributed by atoms with Gasteiger partial charge in [-0.2, -0.15) is 5.10 Å². The van der Waals surface area contributed by atoms with E-state index in [0.717, 1.165) is 40.5 Å². The zero-order valence-corrected chi connectivity index (χ0v) is 12.7. The van der Waals surface area contributed by atoms with Crippen molar-refractivity contribution in [2.24, 2.45) is 0 Å². The molecule has 1 heterocycles. The van der Waals surface area contributed by atoms with Crippen LogP contribution in [0.15, 0.2) is 60.7 Å². The lowest BCUT2D eigenvalue weighted by Gasteiger charge is -2.06. The van der Waals surface area contributed by atoms with E-state index in [2.05, 4.69) is 19.1 Å². The van der Waals surface area contributed by atoms with Gasteiger partial charge in [0.1, 0.15) is 5.69 Å². The summed E-state index contributed by atoms with van der Waals surface area (Å²) in [5.74, 6) is 0. The average Bonchev–Trinajstić information content (AvgIpc) is 2.87. The van der Waals surface area contributed by atoms with E-state index in [0.29, 0.717) is 0 Å². The minimum absolute atomic E-state index is 0.756. The second-order valence-corrected chi connectivity index (χ2v) is 5.35. The number of hydrogen-bond donors (Lipinski definition) is 0. The fraction of sp³-hybridized carbons (Fsp3) is 0.167. The normalized spacial score (nSPS) is 10.8. The van der Waals surface area contributed by atoms with Crippen LogP contribution >= 0.6 is 11.6 Å². The van der Waals surface area contributed by atoms with Crippen molar-refractivity contribution in [2.45, 2.75) is 19.8 Å². The van der Waals surface area contributed by atoms with E-state index in [1.807, 2.05) is 53.2 Å². The molecule has 1 aromatic heterocycles. The van der Waals surface area contributed by atoms with Crippen molar-refractivity contribution in [2.75, 3.05) is 0 Å². The molecule has 0 aliphatic heterocycles. The molecule has 0 fully saturated rings. The second kappa shape index (κ2) is 6.15. The van der Waals surface area contributed by atoms with E-state index in [-0.39, 0.29) is 0 Å². The van der Waals surface area contributed by atoms with E-state index < -0.39 is 0 Å². The molecule has 0 aliphatic rings. The van der Waals surface area contributed by atoms with Crippen LogP contribution < -0.4 is 0 Å². The first-order valence-corrected chi connectivity index (χ1v) is 7.57. The van der Waals surface area contributed by atoms with Crippen molar-refractivity contribution >= 4 is 11.6 Å². The van der Waals surface area contributed by atoms with Crippen LogP contribution in [0.2, 0.25) is 5.02 Å². The fourth-order valence-corrected chi connectivity index (χ4v) is 2.77. The standard InChI is InChI=1S/C18H17ClN2/c1-2-9-16-17(19)18(14-10-5-3-6-11-14)20-21(16)15-12-7-4-8-13-15/h3-8,10-13H,2,9H2,1H3. The number of para-hydroxylation sites is 1. The van der Waals surface area contributed by atoms with E-state index in [4.69, 9.17) is 16.7 Å². The molecular formula is C18H17ClN2. The van der Waals surface area contributed by atoms with Crippen LogP contribution in [0.25, 0.3) is 16.9 Å². The topological polar surface area (TPSA) is 17.8 Å². The Labute approximate surface area is 130 Å². The van der Waals surface area contributed by atoms with Gasteiger partial charge in [0.25, 0.3) is 0 Å². The van der Waals surface area contributed by atoms with Gasteiger partial charge >= 0.3 is 0 Å². The van der Waals surface area contributed by atoms with Gasteiger partial charge in [0.2, 0.25) is 0 Å². The Balaban J connectivity index is 2.16. The Morgan fingerprint density at radius 1 is 0.952 bits per heavy atom. The summed E-state index contributed by atoms with van der Waals surface area (Å²) < 4.78 is 1.97. The lowest BCUT2D eigenvalue weighted by atomic mass is 10.1. The van der Waals surface area contributed by atoms with Gasteiger partial charge in [-0.05, 0) is 18.6 Å². The van der Waals surface area contributed by atoms with Gasteiger partial charge in [0, 0.05) is 5.56 Å². The number of aromatic nitrogens is 2. The number of rotatable bonds is 4. The molecular weight excluding hydrogens is 280 g/mol. The van der Waals surface area contributed by atoms with Gasteiger partial charge in [0.15, 0.2) is 0 Å². The van der Waals surface area contributed by atoms with Crippen molar-refractivity contribution in [1.82, 2.24) is 9.78 Å². The highest BCUT2D eigenvalue weighted by Gasteiger charge is 2.17. The summed E-state index contributed by atoms with van der Waals surface area (Å²) in [6.07, 6.45) is 1.94. The Bertz CT molecular complexity index is 718. The molecule has 0 saturated carbocycles. The number of nitrogens with zero attached hydrogens (tertiary/aromatic N) is 2. The van der Waals surface area contributed by atoms with E-state index in [1.165, 1.54) is 0 Å². The summed E-state index contributed by atoms with van der Waals surface area (Å²) in [6, 6.07) is 20.2. The summed E-state index contributed by atoms with van der Waals surface area (Å²) in [7, 11) is 0. The van der Waals surface area contributed by atoms with E-state index in [1.54, 1.807) is 0 Å². The number of benzene rings is 2. The summed E-state index contributed by atoms with van der Waals surface area (Å²) in [5, 5.41) is 5.51. The van der Waals surface area contributed by atoms with Crippen molar-refractivity contribution in [3.05, 3.63) is 71.4 Å². The van der Waals surface area contributed by atoms with Crippen LogP contribution in [-0.4, -0.2) is 9.78 Å². The molecule has 3 aromatic rings. The van der Waals surface area contributed by atoms with E-state index in [9.17, 15) is 0 Å². The average molecular weight is 297 g/mol. The van der Waals surface area contributed by atoms with Gasteiger partial charge in [0.05, 0.1) is 16.4 Å². The highest BCUT2D eigenvalue weighted by molar-refractivity contribution is 6.33. The number of hydrogen-bond acceptors (Lipinski definition) is 1. The van der Waals surface area contributed by atoms with Crippen LogP contribution in [0.1, 0.15) is 19.0 Å². The maximum Gasteiger partial charge on any atom is 0.112 e. The highest BCUT2D eigenvalue weighted by Crippen LogP contribution is 2.32. The number of halogens is 1. The molecule has 0 N–H and O–H groups in total. The maximum absolute atomic E-state index is 6.61. The monoisotopic (exact) mass is 296 g/mol. The van der Waals surface area contributed by atoms with Crippen molar-refractivity contribution < 1.29 is 0 Å². The molecule has 21 heavy (non-hydrogen) atoms. The summed E-state index contributed by atoms with van der Waals surface area (Å²) >= 11 is 6.61. The van der Waals surface area contributed by atoms with Gasteiger partial charge in [-0.25, -0.2) is 4.68 Å². The quantitative estimate of drug-likeness (QED) is 0.651. The first kappa shape index (κ1) is 13.9. The van der Waals surface area contributed by atoms with Gasteiger partial charge in [-0.15, -0.1) is 0 Å². The molecule has 0 aliphatic carbocycles. The summed E-state index contributed by atoms with van der Waals surface area (Å²) in [4.78, 5) is 0. The third-order valence-corrected chi connectivity index (χ3v) is 3.85. The maximum atomic E-state index is 6.61. The van der Waals surface area contributed by atoms with Crippen LogP contribution in [0, 0.1) is 0 Å². The lowest BCUT2D eigenvalue weighted by Crippen LogP contribution is -2.01. The molecule has 0 spiro atoms. The minimum Gasteiger partial charge on any atom is -0.236 e. The summed E-state index contributed by atoms with van der Waals surface area (Å²) in [6.45, 7) is 2.15. The predicted octanol–water partition coefficient (Wildman–Crippen LogP) is 5.15. The molecule has 3 heteroatoms. The molecule has 0 saturated heterocycles. The minimum atomic E-state index is 0.756. The fourth-order valence-electron chi connectivity index (χ4n) is 2.45. The SMILES string of the molecule is CCCc1c(Cl)c(-c2ccccc2)nn1-c1ccccc1. The Kier molecular flexibility index (Phi) is 4.07. The molecule has 0 radical (unpaired) electrons. The zero-order valence-electron chi connectivity index (χ0n) is 12.0. The van der Waals surface area contributed by atoms with Gasteiger partial charge in [-0.3, -0.25) is 0 Å². The third-order valence-electron chi connectivity index (χ3n) is 3.45. The van der Waals surface area contributed by atoms with Crippen LogP contribution in [0.5, 0.6) is 0 Å². The van der Waals surface area contributed by atoms with Crippen molar-refractivity contribution in [1.29, 1.82) is 0 Å². The third kappa shape index (κ3) is 2.72. The molecule has 2 aromatic carbocycles. The lowest BCUT2D eigenvalue weighted by molar-refractivity contribution is 0.777. The smallest absolute Gasteiger partial charge is 0.112 e. The van der Waals surface area contributed by atoms with Crippen molar-refractivity contribution in [3.63, 3.8) is 0 Å². The molecule has 2 nitrogen and oxygen atoms in total. The Hall–Kier alpha value is -2.06.